The van der Waals surface area contributed by atoms with Crippen molar-refractivity contribution in [1.82, 2.24) is 10.3 Å². The van der Waals surface area contributed by atoms with Crippen LogP contribution < -0.4 is 10.2 Å². The molecule has 1 unspecified atom stereocenters. The molecule has 0 aromatic carbocycles. The van der Waals surface area contributed by atoms with Gasteiger partial charge in [0, 0.05) is 24.5 Å². The zero-order chi connectivity index (χ0) is 10.1. The molecule has 1 aliphatic carbocycles. The van der Waals surface area contributed by atoms with Gasteiger partial charge < -0.3 is 10.2 Å². The normalized spacial score (nSPS) is 18.2. The van der Waals surface area contributed by atoms with E-state index >= 15 is 0 Å². The third-order valence-electron chi connectivity index (χ3n) is 2.78. The molecule has 0 radical (unpaired) electrons. The average Bonchev–Trinajstić information content (AvgIpc) is 2.93. The molecule has 78 valence electrons. The van der Waals surface area contributed by atoms with E-state index in [4.69, 9.17) is 0 Å². The number of hydrogen-bond donors (Lipinski definition) is 1. The lowest BCUT2D eigenvalue weighted by Crippen LogP contribution is -2.19. The first-order valence-electron chi connectivity index (χ1n) is 5.08. The maximum Gasteiger partial charge on any atom is 0.185 e. The molecule has 1 heterocycles. The molecule has 14 heavy (non-hydrogen) atoms. The van der Waals surface area contributed by atoms with Gasteiger partial charge in [-0.15, -0.1) is 11.3 Å². The minimum atomic E-state index is 0.354. The smallest absolute Gasteiger partial charge is 0.185 e. The molecule has 3 nitrogen and oxygen atoms in total. The molecule has 1 aromatic rings. The fraction of sp³-hybridized carbons (Fsp3) is 0.700. The topological polar surface area (TPSA) is 28.2 Å². The van der Waals surface area contributed by atoms with E-state index in [0.29, 0.717) is 6.04 Å². The summed E-state index contributed by atoms with van der Waals surface area (Å²) < 4.78 is 0. The van der Waals surface area contributed by atoms with Gasteiger partial charge in [-0.3, -0.25) is 0 Å². The van der Waals surface area contributed by atoms with Crippen molar-refractivity contribution >= 4 is 16.5 Å². The fourth-order valence-electron chi connectivity index (χ4n) is 1.40. The molecule has 1 aliphatic rings. The van der Waals surface area contributed by atoms with Crippen molar-refractivity contribution in [3.8, 4) is 0 Å². The van der Waals surface area contributed by atoms with Gasteiger partial charge in [0.25, 0.3) is 0 Å². The number of rotatable bonds is 4. The van der Waals surface area contributed by atoms with Crippen LogP contribution in [0.25, 0.3) is 0 Å². The van der Waals surface area contributed by atoms with Gasteiger partial charge in [0.1, 0.15) is 0 Å². The van der Waals surface area contributed by atoms with Gasteiger partial charge >= 0.3 is 0 Å². The Balaban J connectivity index is 2.08. The molecule has 0 saturated heterocycles. The first-order valence-corrected chi connectivity index (χ1v) is 5.96. The van der Waals surface area contributed by atoms with Gasteiger partial charge in [0.05, 0.1) is 5.69 Å². The Labute approximate surface area is 89.1 Å². The molecule has 0 bridgehead atoms. The van der Waals surface area contributed by atoms with Crippen LogP contribution in [0.3, 0.4) is 0 Å². The lowest BCUT2D eigenvalue weighted by Gasteiger charge is -2.14. The van der Waals surface area contributed by atoms with Crippen LogP contribution in [0.1, 0.15) is 31.5 Å². The highest BCUT2D eigenvalue weighted by molar-refractivity contribution is 7.13. The van der Waals surface area contributed by atoms with Crippen molar-refractivity contribution < 1.29 is 0 Å². The summed E-state index contributed by atoms with van der Waals surface area (Å²) in [5, 5.41) is 6.51. The summed E-state index contributed by atoms with van der Waals surface area (Å²) in [7, 11) is 4.11. The van der Waals surface area contributed by atoms with Crippen LogP contribution >= 0.6 is 11.3 Å². The lowest BCUT2D eigenvalue weighted by atomic mass is 10.3. The Bertz CT molecular complexity index is 306. The second-order valence-corrected chi connectivity index (χ2v) is 4.74. The predicted molar refractivity (Wildman–Crippen MR) is 61.0 cm³/mol. The summed E-state index contributed by atoms with van der Waals surface area (Å²) in [6.45, 7) is 2.13. The minimum Gasteiger partial charge on any atom is -0.348 e. The number of thiazole rings is 1. The minimum absolute atomic E-state index is 0.354. The average molecular weight is 211 g/mol. The third kappa shape index (κ3) is 1.91. The van der Waals surface area contributed by atoms with E-state index in [1.165, 1.54) is 12.8 Å². The van der Waals surface area contributed by atoms with Crippen LogP contribution in [-0.2, 0) is 0 Å². The van der Waals surface area contributed by atoms with E-state index in [1.807, 2.05) is 7.05 Å². The summed E-state index contributed by atoms with van der Waals surface area (Å²) in [5.41, 5.74) is 1.15. The standard InChI is InChI=1S/C10H17N3S/c1-7(11-2)9-6-14-10(12-9)13(3)8-4-5-8/h6-8,11H,4-5H2,1-3H3. The number of nitrogens with one attached hydrogen (secondary N) is 1. The molecule has 0 amide bonds. The van der Waals surface area contributed by atoms with Crippen molar-refractivity contribution in [2.24, 2.45) is 0 Å². The zero-order valence-electron chi connectivity index (χ0n) is 8.95. The molecule has 1 saturated carbocycles. The van der Waals surface area contributed by atoms with Gasteiger partial charge in [0.15, 0.2) is 5.13 Å². The molecule has 1 N–H and O–H groups in total. The summed E-state index contributed by atoms with van der Waals surface area (Å²) in [5.74, 6) is 0. The quantitative estimate of drug-likeness (QED) is 0.826. The summed E-state index contributed by atoms with van der Waals surface area (Å²) in [6, 6.07) is 1.10. The van der Waals surface area contributed by atoms with Crippen LogP contribution in [0.15, 0.2) is 5.38 Å². The highest BCUT2D eigenvalue weighted by Gasteiger charge is 2.28. The maximum absolute atomic E-state index is 4.62. The predicted octanol–water partition coefficient (Wildman–Crippen LogP) is 2.02. The fourth-order valence-corrected chi connectivity index (χ4v) is 2.36. The Morgan fingerprint density at radius 1 is 1.64 bits per heavy atom. The monoisotopic (exact) mass is 211 g/mol. The molecular weight excluding hydrogens is 194 g/mol. The van der Waals surface area contributed by atoms with Crippen LogP contribution in [0.5, 0.6) is 0 Å². The first kappa shape index (κ1) is 9.93. The van der Waals surface area contributed by atoms with E-state index in [-0.39, 0.29) is 0 Å². The molecular formula is C10H17N3S. The van der Waals surface area contributed by atoms with Crippen LogP contribution in [0.4, 0.5) is 5.13 Å². The second-order valence-electron chi connectivity index (χ2n) is 3.91. The van der Waals surface area contributed by atoms with Gasteiger partial charge in [-0.1, -0.05) is 0 Å². The highest BCUT2D eigenvalue weighted by atomic mass is 32.1. The Hall–Kier alpha value is -0.610. The van der Waals surface area contributed by atoms with Gasteiger partial charge in [-0.25, -0.2) is 4.98 Å². The summed E-state index contributed by atoms with van der Waals surface area (Å²) >= 11 is 1.74. The molecule has 0 spiro atoms. The van der Waals surface area contributed by atoms with Gasteiger partial charge in [-0.2, -0.15) is 0 Å². The van der Waals surface area contributed by atoms with Crippen molar-refractivity contribution in [3.05, 3.63) is 11.1 Å². The van der Waals surface area contributed by atoms with Crippen LogP contribution in [0, 0.1) is 0 Å². The molecule has 2 rings (SSSR count). The number of anilines is 1. The third-order valence-corrected chi connectivity index (χ3v) is 3.73. The molecule has 0 aliphatic heterocycles. The van der Waals surface area contributed by atoms with Crippen LogP contribution in [-0.4, -0.2) is 25.1 Å². The lowest BCUT2D eigenvalue weighted by molar-refractivity contribution is 0.636. The summed E-state index contributed by atoms with van der Waals surface area (Å²) in [4.78, 5) is 6.93. The Morgan fingerprint density at radius 2 is 2.36 bits per heavy atom. The zero-order valence-corrected chi connectivity index (χ0v) is 9.77. The van der Waals surface area contributed by atoms with E-state index in [9.17, 15) is 0 Å². The van der Waals surface area contributed by atoms with Crippen LogP contribution in [0.2, 0.25) is 0 Å². The van der Waals surface area contributed by atoms with E-state index in [1.54, 1.807) is 11.3 Å². The SMILES string of the molecule is CNC(C)c1csc(N(C)C2CC2)n1. The molecule has 1 atom stereocenters. The van der Waals surface area contributed by atoms with Crippen molar-refractivity contribution in [2.45, 2.75) is 31.8 Å². The van der Waals surface area contributed by atoms with E-state index < -0.39 is 0 Å². The highest BCUT2D eigenvalue weighted by Crippen LogP contribution is 2.32. The van der Waals surface area contributed by atoms with Crippen molar-refractivity contribution in [1.29, 1.82) is 0 Å². The number of hydrogen-bond acceptors (Lipinski definition) is 4. The largest absolute Gasteiger partial charge is 0.348 e. The Kier molecular flexibility index (Phi) is 2.74. The Morgan fingerprint density at radius 3 is 2.93 bits per heavy atom. The van der Waals surface area contributed by atoms with Crippen molar-refractivity contribution in [3.63, 3.8) is 0 Å². The van der Waals surface area contributed by atoms with Crippen molar-refractivity contribution in [2.75, 3.05) is 19.0 Å². The van der Waals surface area contributed by atoms with Gasteiger partial charge in [-0.05, 0) is 26.8 Å². The number of nitrogens with zero attached hydrogens (tertiary/aromatic N) is 2. The van der Waals surface area contributed by atoms with E-state index in [0.717, 1.165) is 16.9 Å². The number of aromatic nitrogens is 1. The maximum atomic E-state index is 4.62. The first-order chi connectivity index (χ1) is 6.72. The molecule has 4 heteroatoms. The molecule has 1 fully saturated rings. The summed E-state index contributed by atoms with van der Waals surface area (Å²) in [6.07, 6.45) is 2.65. The second kappa shape index (κ2) is 3.87. The van der Waals surface area contributed by atoms with E-state index in [2.05, 4.69) is 34.6 Å². The molecule has 1 aromatic heterocycles. The van der Waals surface area contributed by atoms with Gasteiger partial charge in [0.2, 0.25) is 0 Å².